The van der Waals surface area contributed by atoms with E-state index in [-0.39, 0.29) is 5.97 Å². The fourth-order valence-corrected chi connectivity index (χ4v) is 1.73. The number of esters is 1. The predicted octanol–water partition coefficient (Wildman–Crippen LogP) is 3.61. The number of nitrogens with zero attached hydrogens (tertiary/aromatic N) is 1. The van der Waals surface area contributed by atoms with Crippen LogP contribution in [0.5, 0.6) is 0 Å². The highest BCUT2D eigenvalue weighted by atomic mass is 16.5. The first-order chi connectivity index (χ1) is 9.20. The van der Waals surface area contributed by atoms with Crippen molar-refractivity contribution in [1.82, 2.24) is 0 Å². The van der Waals surface area contributed by atoms with E-state index in [9.17, 15) is 4.79 Å². The van der Waals surface area contributed by atoms with Crippen LogP contribution < -0.4 is 0 Å². The molecular weight excluding hydrogens is 238 g/mol. The normalized spacial score (nSPS) is 11.2. The van der Waals surface area contributed by atoms with Gasteiger partial charge in [-0.1, -0.05) is 30.3 Å². The van der Waals surface area contributed by atoms with Crippen molar-refractivity contribution in [3.8, 4) is 0 Å². The Labute approximate surface area is 112 Å². The van der Waals surface area contributed by atoms with Crippen LogP contribution in [0.4, 0.5) is 5.69 Å². The number of aliphatic imine (C=N–C) groups is 1. The van der Waals surface area contributed by atoms with Crippen LogP contribution in [0.15, 0.2) is 59.6 Å². The lowest BCUT2D eigenvalue weighted by Crippen LogP contribution is -2.02. The van der Waals surface area contributed by atoms with Crippen LogP contribution in [-0.4, -0.2) is 18.8 Å². The van der Waals surface area contributed by atoms with Crippen molar-refractivity contribution >= 4 is 17.4 Å². The molecule has 2 aromatic rings. The fraction of sp³-hybridized carbons (Fsp3) is 0.125. The largest absolute Gasteiger partial charge is 0.465 e. The zero-order chi connectivity index (χ0) is 13.7. The number of ether oxygens (including phenoxy) is 1. The number of hydrogen-bond acceptors (Lipinski definition) is 3. The Kier molecular flexibility index (Phi) is 4.08. The number of benzene rings is 2. The first kappa shape index (κ1) is 13.0. The van der Waals surface area contributed by atoms with Crippen molar-refractivity contribution in [1.29, 1.82) is 0 Å². The lowest BCUT2D eigenvalue weighted by atomic mass is 10.1. The monoisotopic (exact) mass is 253 g/mol. The molecule has 0 unspecified atom stereocenters. The van der Waals surface area contributed by atoms with Crippen molar-refractivity contribution in [3.63, 3.8) is 0 Å². The fourth-order valence-electron chi connectivity index (χ4n) is 1.73. The van der Waals surface area contributed by atoms with Gasteiger partial charge in [-0.3, -0.25) is 4.99 Å². The van der Waals surface area contributed by atoms with Gasteiger partial charge in [0.1, 0.15) is 0 Å². The van der Waals surface area contributed by atoms with Gasteiger partial charge >= 0.3 is 5.97 Å². The summed E-state index contributed by atoms with van der Waals surface area (Å²) in [6.07, 6.45) is 0. The Balaban J connectivity index is 2.23. The van der Waals surface area contributed by atoms with Gasteiger partial charge in [-0.05, 0) is 36.8 Å². The van der Waals surface area contributed by atoms with Crippen molar-refractivity contribution < 1.29 is 9.53 Å². The molecule has 3 nitrogen and oxygen atoms in total. The zero-order valence-electron chi connectivity index (χ0n) is 11.0. The highest BCUT2D eigenvalue weighted by Crippen LogP contribution is 2.14. The summed E-state index contributed by atoms with van der Waals surface area (Å²) >= 11 is 0. The van der Waals surface area contributed by atoms with E-state index in [1.54, 1.807) is 12.1 Å². The molecule has 2 aromatic carbocycles. The molecule has 19 heavy (non-hydrogen) atoms. The van der Waals surface area contributed by atoms with Gasteiger partial charge in [0.25, 0.3) is 0 Å². The summed E-state index contributed by atoms with van der Waals surface area (Å²) in [5.74, 6) is -0.329. The maximum atomic E-state index is 11.3. The molecule has 0 amide bonds. The summed E-state index contributed by atoms with van der Waals surface area (Å²) in [7, 11) is 1.37. The second kappa shape index (κ2) is 5.96. The number of hydrogen-bond donors (Lipinski definition) is 0. The summed E-state index contributed by atoms with van der Waals surface area (Å²) in [5.41, 5.74) is 3.34. The maximum Gasteiger partial charge on any atom is 0.337 e. The maximum absolute atomic E-state index is 11.3. The van der Waals surface area contributed by atoms with Gasteiger partial charge in [0.15, 0.2) is 0 Å². The third-order valence-electron chi connectivity index (χ3n) is 2.78. The van der Waals surface area contributed by atoms with E-state index in [0.29, 0.717) is 5.56 Å². The molecule has 0 fully saturated rings. The minimum Gasteiger partial charge on any atom is -0.465 e. The molecule has 0 saturated heterocycles. The van der Waals surface area contributed by atoms with Gasteiger partial charge in [0, 0.05) is 5.71 Å². The van der Waals surface area contributed by atoms with Crippen LogP contribution in [0.25, 0.3) is 0 Å². The quantitative estimate of drug-likeness (QED) is 0.619. The second-order valence-electron chi connectivity index (χ2n) is 4.10. The Morgan fingerprint density at radius 1 is 0.947 bits per heavy atom. The van der Waals surface area contributed by atoms with Gasteiger partial charge in [0.2, 0.25) is 0 Å². The minimum atomic E-state index is -0.329. The summed E-state index contributed by atoms with van der Waals surface area (Å²) < 4.78 is 4.66. The smallest absolute Gasteiger partial charge is 0.337 e. The van der Waals surface area contributed by atoms with E-state index in [4.69, 9.17) is 0 Å². The Morgan fingerprint density at radius 3 is 2.11 bits per heavy atom. The Morgan fingerprint density at radius 2 is 1.53 bits per heavy atom. The van der Waals surface area contributed by atoms with Crippen LogP contribution in [0.2, 0.25) is 0 Å². The number of methoxy groups -OCH3 is 1. The molecule has 0 radical (unpaired) electrons. The second-order valence-corrected chi connectivity index (χ2v) is 4.10. The lowest BCUT2D eigenvalue weighted by molar-refractivity contribution is 0.0600. The van der Waals surface area contributed by atoms with Crippen molar-refractivity contribution in [3.05, 3.63) is 65.7 Å². The van der Waals surface area contributed by atoms with E-state index in [0.717, 1.165) is 17.0 Å². The molecule has 0 atom stereocenters. The average molecular weight is 253 g/mol. The van der Waals surface area contributed by atoms with E-state index in [2.05, 4.69) is 9.73 Å². The summed E-state index contributed by atoms with van der Waals surface area (Å²) in [6, 6.07) is 17.0. The molecular formula is C16H15NO2. The third-order valence-corrected chi connectivity index (χ3v) is 2.78. The van der Waals surface area contributed by atoms with Crippen LogP contribution in [0.3, 0.4) is 0 Å². The molecule has 2 rings (SSSR count). The van der Waals surface area contributed by atoms with E-state index >= 15 is 0 Å². The van der Waals surface area contributed by atoms with Gasteiger partial charge in [-0.2, -0.15) is 0 Å². The van der Waals surface area contributed by atoms with Gasteiger partial charge in [0.05, 0.1) is 18.4 Å². The molecule has 0 aliphatic rings. The highest BCUT2D eigenvalue weighted by molar-refractivity contribution is 6.01. The average Bonchev–Trinajstić information content (AvgIpc) is 2.47. The molecule has 0 saturated carbocycles. The highest BCUT2D eigenvalue weighted by Gasteiger charge is 2.05. The van der Waals surface area contributed by atoms with Crippen molar-refractivity contribution in [2.24, 2.45) is 4.99 Å². The summed E-state index contributed by atoms with van der Waals surface area (Å²) in [6.45, 7) is 1.94. The van der Waals surface area contributed by atoms with Gasteiger partial charge in [-0.15, -0.1) is 0 Å². The van der Waals surface area contributed by atoms with Crippen LogP contribution in [0.1, 0.15) is 22.8 Å². The summed E-state index contributed by atoms with van der Waals surface area (Å²) in [4.78, 5) is 15.9. The first-order valence-electron chi connectivity index (χ1n) is 6.00. The zero-order valence-corrected chi connectivity index (χ0v) is 11.0. The first-order valence-corrected chi connectivity index (χ1v) is 6.00. The molecule has 0 bridgehead atoms. The molecule has 0 aliphatic carbocycles. The number of carbonyl (C=O) groups is 1. The molecule has 0 heterocycles. The van der Waals surface area contributed by atoms with Gasteiger partial charge < -0.3 is 4.74 Å². The standard InChI is InChI=1S/C16H15NO2/c1-12(17-15-6-4-3-5-7-15)13-8-10-14(11-9-13)16(18)19-2/h3-11H,1-2H3. The molecule has 96 valence electrons. The number of para-hydroxylation sites is 1. The SMILES string of the molecule is COC(=O)c1ccc(C(C)=Nc2ccccc2)cc1. The van der Waals surface area contributed by atoms with Crippen LogP contribution in [0, 0.1) is 0 Å². The lowest BCUT2D eigenvalue weighted by Gasteiger charge is -2.03. The van der Waals surface area contributed by atoms with Crippen LogP contribution >= 0.6 is 0 Å². The number of rotatable bonds is 3. The van der Waals surface area contributed by atoms with Crippen LogP contribution in [-0.2, 0) is 4.74 Å². The molecule has 0 N–H and O–H groups in total. The molecule has 3 heteroatoms. The van der Waals surface area contributed by atoms with E-state index in [1.165, 1.54) is 7.11 Å². The predicted molar refractivity (Wildman–Crippen MR) is 76.1 cm³/mol. The van der Waals surface area contributed by atoms with Crippen molar-refractivity contribution in [2.75, 3.05) is 7.11 Å². The third kappa shape index (κ3) is 3.28. The van der Waals surface area contributed by atoms with Crippen molar-refractivity contribution in [2.45, 2.75) is 6.92 Å². The number of carbonyl (C=O) groups excluding carboxylic acids is 1. The molecule has 0 aliphatic heterocycles. The molecule has 0 aromatic heterocycles. The van der Waals surface area contributed by atoms with E-state index < -0.39 is 0 Å². The topological polar surface area (TPSA) is 38.7 Å². The Hall–Kier alpha value is -2.42. The minimum absolute atomic E-state index is 0.329. The summed E-state index contributed by atoms with van der Waals surface area (Å²) in [5, 5.41) is 0. The molecule has 0 spiro atoms. The van der Waals surface area contributed by atoms with E-state index in [1.807, 2.05) is 49.4 Å². The Bertz CT molecular complexity index is 586. The van der Waals surface area contributed by atoms with Gasteiger partial charge in [-0.25, -0.2) is 4.79 Å².